The predicted octanol–water partition coefficient (Wildman–Crippen LogP) is 1.04. The van der Waals surface area contributed by atoms with E-state index in [1.807, 2.05) is 13.0 Å². The second-order valence-electron chi connectivity index (χ2n) is 3.98. The first-order chi connectivity index (χ1) is 8.50. The number of nitrogens with zero attached hydrogens (tertiary/aromatic N) is 2. The van der Waals surface area contributed by atoms with Gasteiger partial charge in [0.25, 0.3) is 5.91 Å². The second kappa shape index (κ2) is 4.81. The molecule has 1 aromatic rings. The third-order valence-corrected chi connectivity index (χ3v) is 3.97. The maximum Gasteiger partial charge on any atom is 0.268 e. The minimum absolute atomic E-state index is 0.0872. The highest BCUT2D eigenvalue weighted by Crippen LogP contribution is 2.33. The van der Waals surface area contributed by atoms with Gasteiger partial charge >= 0.3 is 0 Å². The maximum atomic E-state index is 12.0. The normalized spacial score (nSPS) is 16.4. The van der Waals surface area contributed by atoms with Gasteiger partial charge < -0.3 is 5.73 Å². The van der Waals surface area contributed by atoms with Gasteiger partial charge in [-0.05, 0) is 19.1 Å². The number of pyridine rings is 1. The number of carbonyl (C=O) groups excluding carboxylic acids is 2. The van der Waals surface area contributed by atoms with E-state index in [4.69, 9.17) is 5.73 Å². The first-order valence-electron chi connectivity index (χ1n) is 5.39. The summed E-state index contributed by atoms with van der Waals surface area (Å²) in [6.07, 6.45) is 1.78. The lowest BCUT2D eigenvalue weighted by molar-refractivity contribution is -0.141. The summed E-state index contributed by atoms with van der Waals surface area (Å²) < 4.78 is 0. The number of aromatic nitrogens is 1. The van der Waals surface area contributed by atoms with E-state index < -0.39 is 0 Å². The fourth-order valence-corrected chi connectivity index (χ4v) is 2.56. The number of thioether (sulfide) groups is 1. The molecule has 2 rings (SSSR count). The molecule has 0 aromatic carbocycles. The van der Waals surface area contributed by atoms with Crippen molar-refractivity contribution >= 4 is 23.6 Å². The third-order valence-electron chi connectivity index (χ3n) is 2.68. The number of nitrogens with two attached hydrogens (primary N) is 1. The summed E-state index contributed by atoms with van der Waals surface area (Å²) in [5.74, 6) is -0.623. The van der Waals surface area contributed by atoms with E-state index in [9.17, 15) is 9.59 Å². The minimum atomic E-state index is -0.350. The first kappa shape index (κ1) is 12.6. The summed E-state index contributed by atoms with van der Waals surface area (Å²) in [6, 6.07) is 3.67. The van der Waals surface area contributed by atoms with Gasteiger partial charge in [0.15, 0.2) is 0 Å². The van der Waals surface area contributed by atoms with Crippen LogP contribution in [0.5, 0.6) is 0 Å². The SMILES string of the molecule is Cc1ncccc1SC1=C(N)CC(=O)N(C)C1=O. The zero-order valence-electron chi connectivity index (χ0n) is 10.1. The van der Waals surface area contributed by atoms with Gasteiger partial charge in [-0.2, -0.15) is 0 Å². The molecule has 0 radical (unpaired) electrons. The molecular formula is C12H13N3O2S. The van der Waals surface area contributed by atoms with Crippen LogP contribution in [0.15, 0.2) is 33.8 Å². The van der Waals surface area contributed by atoms with Crippen molar-refractivity contribution < 1.29 is 9.59 Å². The summed E-state index contributed by atoms with van der Waals surface area (Å²) in [7, 11) is 1.47. The Morgan fingerprint density at radius 2 is 2.17 bits per heavy atom. The summed E-state index contributed by atoms with van der Waals surface area (Å²) in [5, 5.41) is 0. The summed E-state index contributed by atoms with van der Waals surface area (Å²) in [5.41, 5.74) is 6.95. The predicted molar refractivity (Wildman–Crippen MR) is 68.4 cm³/mol. The molecule has 0 spiro atoms. The third kappa shape index (κ3) is 2.24. The molecule has 2 heterocycles. The second-order valence-corrected chi connectivity index (χ2v) is 5.03. The largest absolute Gasteiger partial charge is 0.401 e. The number of aryl methyl sites for hydroxylation is 1. The average molecular weight is 263 g/mol. The van der Waals surface area contributed by atoms with Crippen LogP contribution in [-0.2, 0) is 9.59 Å². The Morgan fingerprint density at radius 3 is 2.83 bits per heavy atom. The molecular weight excluding hydrogens is 250 g/mol. The van der Waals surface area contributed by atoms with Crippen molar-refractivity contribution in [3.8, 4) is 0 Å². The first-order valence-corrected chi connectivity index (χ1v) is 6.21. The average Bonchev–Trinajstić information content (AvgIpc) is 2.34. The van der Waals surface area contributed by atoms with Gasteiger partial charge in [-0.15, -0.1) is 0 Å². The Kier molecular flexibility index (Phi) is 3.38. The molecule has 1 aromatic heterocycles. The van der Waals surface area contributed by atoms with Crippen LogP contribution in [0, 0.1) is 6.92 Å². The van der Waals surface area contributed by atoms with E-state index in [1.165, 1.54) is 18.8 Å². The fourth-order valence-electron chi connectivity index (χ4n) is 1.56. The Bertz CT molecular complexity index is 554. The lowest BCUT2D eigenvalue weighted by Gasteiger charge is -2.23. The van der Waals surface area contributed by atoms with Crippen LogP contribution in [0.25, 0.3) is 0 Å². The van der Waals surface area contributed by atoms with E-state index >= 15 is 0 Å². The maximum absolute atomic E-state index is 12.0. The lowest BCUT2D eigenvalue weighted by Crippen LogP contribution is -2.39. The van der Waals surface area contributed by atoms with Crippen LogP contribution in [0.3, 0.4) is 0 Å². The van der Waals surface area contributed by atoms with Gasteiger partial charge in [0.2, 0.25) is 5.91 Å². The molecule has 2 N–H and O–H groups in total. The molecule has 1 aliphatic heterocycles. The number of amides is 2. The van der Waals surface area contributed by atoms with E-state index in [1.54, 1.807) is 12.3 Å². The number of imide groups is 1. The number of likely N-dealkylation sites (N-methyl/N-ethyl adjacent to an activating group) is 1. The highest BCUT2D eigenvalue weighted by Gasteiger charge is 2.30. The molecule has 6 heteroatoms. The van der Waals surface area contributed by atoms with Gasteiger partial charge in [-0.3, -0.25) is 19.5 Å². The molecule has 0 saturated carbocycles. The van der Waals surface area contributed by atoms with Crippen molar-refractivity contribution in [3.05, 3.63) is 34.6 Å². The molecule has 0 fully saturated rings. The van der Waals surface area contributed by atoms with Crippen LogP contribution < -0.4 is 5.73 Å². The zero-order chi connectivity index (χ0) is 13.3. The molecule has 5 nitrogen and oxygen atoms in total. The van der Waals surface area contributed by atoms with Crippen molar-refractivity contribution in [2.45, 2.75) is 18.2 Å². The highest BCUT2D eigenvalue weighted by molar-refractivity contribution is 8.04. The number of hydrogen-bond donors (Lipinski definition) is 1. The van der Waals surface area contributed by atoms with Gasteiger partial charge in [0.05, 0.1) is 17.0 Å². The quantitative estimate of drug-likeness (QED) is 0.807. The zero-order valence-corrected chi connectivity index (χ0v) is 11.0. The molecule has 0 atom stereocenters. The van der Waals surface area contributed by atoms with Crippen molar-refractivity contribution in [2.75, 3.05) is 7.05 Å². The Balaban J connectivity index is 2.34. The van der Waals surface area contributed by atoms with Crippen LogP contribution in [-0.4, -0.2) is 28.7 Å². The van der Waals surface area contributed by atoms with E-state index in [0.717, 1.165) is 15.5 Å². The van der Waals surface area contributed by atoms with Crippen LogP contribution in [0.2, 0.25) is 0 Å². The monoisotopic (exact) mass is 263 g/mol. The van der Waals surface area contributed by atoms with Crippen molar-refractivity contribution in [3.63, 3.8) is 0 Å². The van der Waals surface area contributed by atoms with Crippen molar-refractivity contribution in [2.24, 2.45) is 5.73 Å². The number of rotatable bonds is 2. The standard InChI is InChI=1S/C12H13N3O2S/c1-7-9(4-3-5-14-7)18-11-8(13)6-10(16)15(2)12(11)17/h3-5H,6,13H2,1-2H3. The van der Waals surface area contributed by atoms with Crippen LogP contribution in [0.1, 0.15) is 12.1 Å². The van der Waals surface area contributed by atoms with Gasteiger partial charge in [-0.1, -0.05) is 11.8 Å². The Morgan fingerprint density at radius 1 is 1.44 bits per heavy atom. The molecule has 1 aliphatic rings. The van der Waals surface area contributed by atoms with Crippen LogP contribution >= 0.6 is 11.8 Å². The molecule has 2 amide bonds. The lowest BCUT2D eigenvalue weighted by atomic mass is 10.2. The van der Waals surface area contributed by atoms with E-state index in [2.05, 4.69) is 4.98 Å². The van der Waals surface area contributed by atoms with Gasteiger partial charge in [-0.25, -0.2) is 0 Å². The summed E-state index contributed by atoms with van der Waals surface area (Å²) in [4.78, 5) is 30.0. The van der Waals surface area contributed by atoms with Crippen LogP contribution in [0.4, 0.5) is 0 Å². The molecule has 0 unspecified atom stereocenters. The Hall–Kier alpha value is -1.82. The number of carbonyl (C=O) groups is 2. The van der Waals surface area contributed by atoms with Crippen molar-refractivity contribution in [1.82, 2.24) is 9.88 Å². The topological polar surface area (TPSA) is 76.3 Å². The number of hydrogen-bond acceptors (Lipinski definition) is 5. The fraction of sp³-hybridized carbons (Fsp3) is 0.250. The van der Waals surface area contributed by atoms with E-state index in [-0.39, 0.29) is 18.2 Å². The molecule has 0 aliphatic carbocycles. The Labute approximate surface area is 109 Å². The molecule has 0 saturated heterocycles. The summed E-state index contributed by atoms with van der Waals surface area (Å²) >= 11 is 1.26. The smallest absolute Gasteiger partial charge is 0.268 e. The summed E-state index contributed by atoms with van der Waals surface area (Å²) in [6.45, 7) is 1.86. The van der Waals surface area contributed by atoms with E-state index in [0.29, 0.717) is 10.6 Å². The minimum Gasteiger partial charge on any atom is -0.401 e. The molecule has 18 heavy (non-hydrogen) atoms. The van der Waals surface area contributed by atoms with Gasteiger partial charge in [0, 0.05) is 23.8 Å². The van der Waals surface area contributed by atoms with Crippen molar-refractivity contribution in [1.29, 1.82) is 0 Å². The van der Waals surface area contributed by atoms with Gasteiger partial charge in [0.1, 0.15) is 0 Å². The molecule has 0 bridgehead atoms. The highest BCUT2D eigenvalue weighted by atomic mass is 32.2. The molecule has 94 valence electrons.